The van der Waals surface area contributed by atoms with Crippen molar-refractivity contribution in [2.75, 3.05) is 18.5 Å². The third-order valence-corrected chi connectivity index (χ3v) is 6.02. The fraction of sp³-hybridized carbons (Fsp3) is 0.611. The Morgan fingerprint density at radius 2 is 2.22 bits per heavy atom. The van der Waals surface area contributed by atoms with E-state index in [0.29, 0.717) is 6.61 Å². The summed E-state index contributed by atoms with van der Waals surface area (Å²) in [4.78, 5) is 12.4. The van der Waals surface area contributed by atoms with E-state index in [0.717, 1.165) is 23.2 Å². The number of rotatable bonds is 5. The van der Waals surface area contributed by atoms with Gasteiger partial charge in [-0.25, -0.2) is 0 Å². The topological polar surface area (TPSA) is 50.4 Å². The summed E-state index contributed by atoms with van der Waals surface area (Å²) in [5, 5.41) is 7.06. The quantitative estimate of drug-likeness (QED) is 0.868. The van der Waals surface area contributed by atoms with Crippen LogP contribution in [-0.4, -0.2) is 36.5 Å². The Morgan fingerprint density at radius 3 is 3.00 bits per heavy atom. The van der Waals surface area contributed by atoms with Gasteiger partial charge in [0.15, 0.2) is 0 Å². The summed E-state index contributed by atoms with van der Waals surface area (Å²) < 4.78 is 5.54. The minimum Gasteiger partial charge on any atom is -0.375 e. The summed E-state index contributed by atoms with van der Waals surface area (Å²) in [7, 11) is 0. The molecule has 1 aromatic rings. The van der Waals surface area contributed by atoms with Gasteiger partial charge in [0, 0.05) is 23.2 Å². The number of morpholine rings is 1. The molecule has 2 aliphatic rings. The summed E-state index contributed by atoms with van der Waals surface area (Å²) >= 11 is 2.05. The van der Waals surface area contributed by atoms with E-state index in [1.165, 1.54) is 31.2 Å². The van der Waals surface area contributed by atoms with Gasteiger partial charge in [-0.2, -0.15) is 11.8 Å². The van der Waals surface area contributed by atoms with Gasteiger partial charge in [-0.3, -0.25) is 4.79 Å². The molecule has 1 aliphatic heterocycles. The van der Waals surface area contributed by atoms with Crippen LogP contribution in [0.2, 0.25) is 0 Å². The maximum atomic E-state index is 12.4. The summed E-state index contributed by atoms with van der Waals surface area (Å²) in [6, 6.07) is 7.93. The molecule has 1 heterocycles. The average molecular weight is 334 g/mol. The van der Waals surface area contributed by atoms with Crippen LogP contribution in [0, 0.1) is 0 Å². The number of hydrogen-bond donors (Lipinski definition) is 2. The Hall–Kier alpha value is -1.04. The van der Waals surface area contributed by atoms with Crippen molar-refractivity contribution in [2.45, 2.75) is 55.8 Å². The summed E-state index contributed by atoms with van der Waals surface area (Å²) in [5.74, 6) is 1.01. The highest BCUT2D eigenvalue weighted by Crippen LogP contribution is 2.31. The zero-order valence-electron chi connectivity index (χ0n) is 13.7. The Balaban J connectivity index is 1.55. The number of nitrogens with one attached hydrogen (secondary N) is 2. The maximum absolute atomic E-state index is 12.4. The fourth-order valence-corrected chi connectivity index (χ4v) is 4.53. The number of ether oxygens (including phenoxy) is 1. The van der Waals surface area contributed by atoms with E-state index in [4.69, 9.17) is 4.74 Å². The normalized spacial score (nSPS) is 25.4. The molecular formula is C18H26N2O2S. The molecule has 1 aromatic carbocycles. The van der Waals surface area contributed by atoms with Crippen LogP contribution in [0.3, 0.4) is 0 Å². The van der Waals surface area contributed by atoms with E-state index in [9.17, 15) is 4.79 Å². The lowest BCUT2D eigenvalue weighted by molar-refractivity contribution is -0.123. The number of hydrogen-bond acceptors (Lipinski definition) is 4. The number of carbonyl (C=O) groups excluding carboxylic acids is 1. The number of amides is 1. The first-order valence-electron chi connectivity index (χ1n) is 8.59. The Kier molecular flexibility index (Phi) is 5.97. The van der Waals surface area contributed by atoms with E-state index in [1.807, 2.05) is 30.8 Å². The van der Waals surface area contributed by atoms with Crippen LogP contribution in [0.25, 0.3) is 0 Å². The first-order chi connectivity index (χ1) is 11.2. The molecule has 4 nitrogen and oxygen atoms in total. The Morgan fingerprint density at radius 1 is 1.39 bits per heavy atom. The molecule has 2 fully saturated rings. The second-order valence-electron chi connectivity index (χ2n) is 6.41. The SMILES string of the molecule is C[C@H]1OCCN[C@@H]1C(=O)Nc1cccc(CSC2CCCC2)c1. The molecular weight excluding hydrogens is 308 g/mol. The van der Waals surface area contributed by atoms with Gasteiger partial charge in [0.1, 0.15) is 6.04 Å². The molecule has 5 heteroatoms. The molecule has 1 saturated heterocycles. The van der Waals surface area contributed by atoms with Crippen LogP contribution in [-0.2, 0) is 15.3 Å². The molecule has 0 bridgehead atoms. The van der Waals surface area contributed by atoms with Gasteiger partial charge in [-0.05, 0) is 37.5 Å². The highest BCUT2D eigenvalue weighted by molar-refractivity contribution is 7.99. The molecule has 1 aliphatic carbocycles. The monoisotopic (exact) mass is 334 g/mol. The lowest BCUT2D eigenvalue weighted by atomic mass is 10.1. The number of thioether (sulfide) groups is 1. The van der Waals surface area contributed by atoms with Gasteiger partial charge >= 0.3 is 0 Å². The van der Waals surface area contributed by atoms with Crippen molar-refractivity contribution in [3.8, 4) is 0 Å². The highest BCUT2D eigenvalue weighted by Gasteiger charge is 2.28. The predicted molar refractivity (Wildman–Crippen MR) is 95.8 cm³/mol. The third kappa shape index (κ3) is 4.72. The van der Waals surface area contributed by atoms with Crippen LogP contribution in [0.15, 0.2) is 24.3 Å². The molecule has 3 rings (SSSR count). The molecule has 0 aromatic heterocycles. The van der Waals surface area contributed by atoms with Crippen LogP contribution in [0.1, 0.15) is 38.2 Å². The maximum Gasteiger partial charge on any atom is 0.244 e. The smallest absolute Gasteiger partial charge is 0.244 e. The second-order valence-corrected chi connectivity index (χ2v) is 7.70. The van der Waals surface area contributed by atoms with E-state index in [2.05, 4.69) is 22.8 Å². The summed E-state index contributed by atoms with van der Waals surface area (Å²) in [6.07, 6.45) is 5.37. The average Bonchev–Trinajstić information content (AvgIpc) is 3.07. The van der Waals surface area contributed by atoms with Gasteiger partial charge in [0.05, 0.1) is 12.7 Å². The van der Waals surface area contributed by atoms with Gasteiger partial charge < -0.3 is 15.4 Å². The first-order valence-corrected chi connectivity index (χ1v) is 9.63. The van der Waals surface area contributed by atoms with Crippen molar-refractivity contribution in [1.29, 1.82) is 0 Å². The molecule has 1 amide bonds. The molecule has 1 saturated carbocycles. The minimum absolute atomic E-state index is 0.0159. The fourth-order valence-electron chi connectivity index (χ4n) is 3.26. The zero-order chi connectivity index (χ0) is 16.1. The van der Waals surface area contributed by atoms with Gasteiger partial charge in [0.2, 0.25) is 5.91 Å². The van der Waals surface area contributed by atoms with Crippen molar-refractivity contribution >= 4 is 23.4 Å². The third-order valence-electron chi connectivity index (χ3n) is 4.58. The van der Waals surface area contributed by atoms with Crippen molar-refractivity contribution in [3.63, 3.8) is 0 Å². The summed E-state index contributed by atoms with van der Waals surface area (Å²) in [6.45, 7) is 3.32. The van der Waals surface area contributed by atoms with Crippen molar-refractivity contribution < 1.29 is 9.53 Å². The van der Waals surface area contributed by atoms with E-state index in [1.54, 1.807) is 0 Å². The van der Waals surface area contributed by atoms with Crippen molar-refractivity contribution in [2.24, 2.45) is 0 Å². The predicted octanol–water partition coefficient (Wildman–Crippen LogP) is 3.18. The Labute approximate surface area is 142 Å². The van der Waals surface area contributed by atoms with Crippen LogP contribution >= 0.6 is 11.8 Å². The van der Waals surface area contributed by atoms with Crippen LogP contribution < -0.4 is 10.6 Å². The summed E-state index contributed by atoms with van der Waals surface area (Å²) in [5.41, 5.74) is 2.15. The number of carbonyl (C=O) groups is 1. The largest absolute Gasteiger partial charge is 0.375 e. The zero-order valence-corrected chi connectivity index (χ0v) is 14.5. The second kappa shape index (κ2) is 8.18. The van der Waals surface area contributed by atoms with Crippen molar-refractivity contribution in [3.05, 3.63) is 29.8 Å². The minimum atomic E-state index is -0.278. The van der Waals surface area contributed by atoms with E-state index < -0.39 is 0 Å². The van der Waals surface area contributed by atoms with Crippen LogP contribution in [0.5, 0.6) is 0 Å². The molecule has 0 unspecified atom stereocenters. The van der Waals surface area contributed by atoms with Crippen molar-refractivity contribution in [1.82, 2.24) is 5.32 Å². The number of benzene rings is 1. The molecule has 0 radical (unpaired) electrons. The highest BCUT2D eigenvalue weighted by atomic mass is 32.2. The Bertz CT molecular complexity index is 532. The lowest BCUT2D eigenvalue weighted by Crippen LogP contribution is -2.53. The van der Waals surface area contributed by atoms with Gasteiger partial charge in [-0.15, -0.1) is 0 Å². The molecule has 126 valence electrons. The van der Waals surface area contributed by atoms with Gasteiger partial charge in [0.25, 0.3) is 0 Å². The van der Waals surface area contributed by atoms with Crippen LogP contribution in [0.4, 0.5) is 5.69 Å². The first kappa shape index (κ1) is 16.8. The number of anilines is 1. The molecule has 2 N–H and O–H groups in total. The van der Waals surface area contributed by atoms with Gasteiger partial charge in [-0.1, -0.05) is 25.0 Å². The molecule has 0 spiro atoms. The van der Waals surface area contributed by atoms with E-state index >= 15 is 0 Å². The molecule has 2 atom stereocenters. The van der Waals surface area contributed by atoms with E-state index in [-0.39, 0.29) is 18.1 Å². The standard InChI is InChI=1S/C18H26N2O2S/c1-13-17(19-9-10-22-13)18(21)20-15-6-4-5-14(11-15)12-23-16-7-2-3-8-16/h4-6,11,13,16-17,19H,2-3,7-10,12H2,1H3,(H,20,21)/t13-,17+/m1/s1. The molecule has 23 heavy (non-hydrogen) atoms. The lowest BCUT2D eigenvalue weighted by Gasteiger charge is -2.29.